The van der Waals surface area contributed by atoms with Crippen LogP contribution in [0.1, 0.15) is 35.7 Å². The predicted molar refractivity (Wildman–Crippen MR) is 70.3 cm³/mol. The van der Waals surface area contributed by atoms with Gasteiger partial charge in [0.2, 0.25) is 0 Å². The lowest BCUT2D eigenvalue weighted by Crippen LogP contribution is -2.36. The normalized spacial score (nSPS) is 18.2. The smallest absolute Gasteiger partial charge is 0.176 e. The van der Waals surface area contributed by atoms with Crippen LogP contribution in [0.25, 0.3) is 0 Å². The van der Waals surface area contributed by atoms with E-state index in [9.17, 15) is 4.79 Å². The molecule has 2 rings (SSSR count). The summed E-state index contributed by atoms with van der Waals surface area (Å²) in [4.78, 5) is 14.4. The zero-order valence-corrected chi connectivity index (χ0v) is 10.8. The number of hydrogen-bond donors (Lipinski definition) is 0. The summed E-state index contributed by atoms with van der Waals surface area (Å²) in [6, 6.07) is 7.89. The molecule has 0 bridgehead atoms. The molecule has 0 aliphatic carbocycles. The van der Waals surface area contributed by atoms with Crippen molar-refractivity contribution < 1.29 is 4.79 Å². The number of rotatable bonds is 3. The number of aryl methyl sites for hydroxylation is 1. The van der Waals surface area contributed by atoms with Crippen LogP contribution in [-0.2, 0) is 0 Å². The first-order valence-corrected chi connectivity index (χ1v) is 6.47. The Morgan fingerprint density at radius 3 is 2.71 bits per heavy atom. The van der Waals surface area contributed by atoms with E-state index in [1.165, 1.54) is 12.8 Å². The molecule has 0 spiro atoms. The van der Waals surface area contributed by atoms with Crippen molar-refractivity contribution in [2.75, 3.05) is 19.6 Å². The lowest BCUT2D eigenvalue weighted by Gasteiger charge is -2.29. The van der Waals surface area contributed by atoms with Gasteiger partial charge in [-0.3, -0.25) is 9.69 Å². The molecule has 0 atom stereocenters. The van der Waals surface area contributed by atoms with Gasteiger partial charge in [0.1, 0.15) is 0 Å². The highest BCUT2D eigenvalue weighted by Crippen LogP contribution is 2.16. The Balaban J connectivity index is 1.93. The summed E-state index contributed by atoms with van der Waals surface area (Å²) in [6.45, 7) is 7.03. The van der Waals surface area contributed by atoms with E-state index in [1.807, 2.05) is 31.2 Å². The van der Waals surface area contributed by atoms with Crippen LogP contribution in [0.15, 0.2) is 24.3 Å². The zero-order chi connectivity index (χ0) is 12.3. The molecule has 17 heavy (non-hydrogen) atoms. The van der Waals surface area contributed by atoms with Crippen LogP contribution in [0.2, 0.25) is 0 Å². The van der Waals surface area contributed by atoms with Crippen molar-refractivity contribution in [1.82, 2.24) is 4.90 Å². The first-order chi connectivity index (χ1) is 8.15. The minimum atomic E-state index is 0.253. The number of carbonyl (C=O) groups excluding carboxylic acids is 1. The lowest BCUT2D eigenvalue weighted by atomic mass is 9.98. The number of carbonyl (C=O) groups is 1. The molecule has 1 heterocycles. The van der Waals surface area contributed by atoms with Crippen LogP contribution in [0.3, 0.4) is 0 Å². The third-order valence-electron chi connectivity index (χ3n) is 3.58. The van der Waals surface area contributed by atoms with E-state index in [4.69, 9.17) is 0 Å². The van der Waals surface area contributed by atoms with Gasteiger partial charge in [0.15, 0.2) is 5.78 Å². The summed E-state index contributed by atoms with van der Waals surface area (Å²) in [5, 5.41) is 0. The molecule has 1 aromatic carbocycles. The Morgan fingerprint density at radius 2 is 2.06 bits per heavy atom. The van der Waals surface area contributed by atoms with Crippen molar-refractivity contribution in [3.05, 3.63) is 35.4 Å². The number of piperidine rings is 1. The monoisotopic (exact) mass is 231 g/mol. The van der Waals surface area contributed by atoms with Crippen LogP contribution >= 0.6 is 0 Å². The van der Waals surface area contributed by atoms with Gasteiger partial charge in [-0.25, -0.2) is 0 Å². The van der Waals surface area contributed by atoms with Gasteiger partial charge in [-0.15, -0.1) is 0 Å². The van der Waals surface area contributed by atoms with E-state index in [1.54, 1.807) is 0 Å². The van der Waals surface area contributed by atoms with Crippen LogP contribution < -0.4 is 0 Å². The topological polar surface area (TPSA) is 20.3 Å². The summed E-state index contributed by atoms with van der Waals surface area (Å²) < 4.78 is 0. The third-order valence-corrected chi connectivity index (χ3v) is 3.58. The van der Waals surface area contributed by atoms with Crippen molar-refractivity contribution in [1.29, 1.82) is 0 Å². The molecule has 1 fully saturated rings. The van der Waals surface area contributed by atoms with Crippen LogP contribution in [0.5, 0.6) is 0 Å². The molecule has 2 nitrogen and oxygen atoms in total. The molecule has 1 aliphatic heterocycles. The molecule has 1 saturated heterocycles. The molecular weight excluding hydrogens is 210 g/mol. The van der Waals surface area contributed by atoms with E-state index in [0.29, 0.717) is 6.54 Å². The zero-order valence-electron chi connectivity index (χ0n) is 10.8. The Morgan fingerprint density at radius 1 is 1.35 bits per heavy atom. The summed E-state index contributed by atoms with van der Waals surface area (Å²) in [5.74, 6) is 1.07. The van der Waals surface area contributed by atoms with Gasteiger partial charge >= 0.3 is 0 Å². The maximum absolute atomic E-state index is 12.1. The molecule has 0 N–H and O–H groups in total. The van der Waals surface area contributed by atoms with Gasteiger partial charge in [-0.05, 0) is 44.8 Å². The van der Waals surface area contributed by atoms with Crippen molar-refractivity contribution in [2.45, 2.75) is 26.7 Å². The molecule has 92 valence electrons. The fourth-order valence-electron chi connectivity index (χ4n) is 2.33. The predicted octanol–water partition coefficient (Wildman–Crippen LogP) is 2.91. The van der Waals surface area contributed by atoms with Gasteiger partial charge < -0.3 is 0 Å². The Labute approximate surface area is 104 Å². The van der Waals surface area contributed by atoms with E-state index in [2.05, 4.69) is 11.8 Å². The maximum Gasteiger partial charge on any atom is 0.176 e. The molecule has 0 radical (unpaired) electrons. The molecule has 2 heteroatoms. The standard InChI is InChI=1S/C15H21NO/c1-12-6-8-16(9-7-12)11-15(17)14-5-3-4-13(2)10-14/h3-5,10,12H,6-9,11H2,1-2H3. The van der Waals surface area contributed by atoms with E-state index in [-0.39, 0.29) is 5.78 Å². The minimum Gasteiger partial charge on any atom is -0.296 e. The van der Waals surface area contributed by atoms with E-state index >= 15 is 0 Å². The highest BCUT2D eigenvalue weighted by Gasteiger charge is 2.18. The summed E-state index contributed by atoms with van der Waals surface area (Å²) in [6.07, 6.45) is 2.45. The highest BCUT2D eigenvalue weighted by molar-refractivity contribution is 5.97. The van der Waals surface area contributed by atoms with Crippen LogP contribution in [-0.4, -0.2) is 30.3 Å². The van der Waals surface area contributed by atoms with Crippen LogP contribution in [0, 0.1) is 12.8 Å². The second-order valence-electron chi connectivity index (χ2n) is 5.25. The fourth-order valence-corrected chi connectivity index (χ4v) is 2.33. The van der Waals surface area contributed by atoms with Gasteiger partial charge in [-0.1, -0.05) is 30.7 Å². The molecule has 1 aromatic rings. The van der Waals surface area contributed by atoms with Gasteiger partial charge in [0, 0.05) is 5.56 Å². The second-order valence-corrected chi connectivity index (χ2v) is 5.25. The molecular formula is C15H21NO. The molecule has 0 aromatic heterocycles. The van der Waals surface area contributed by atoms with Crippen molar-refractivity contribution in [3.63, 3.8) is 0 Å². The summed E-state index contributed by atoms with van der Waals surface area (Å²) in [7, 11) is 0. The van der Waals surface area contributed by atoms with Crippen molar-refractivity contribution >= 4 is 5.78 Å². The summed E-state index contributed by atoms with van der Waals surface area (Å²) >= 11 is 0. The molecule has 1 aliphatic rings. The lowest BCUT2D eigenvalue weighted by molar-refractivity contribution is 0.0899. The van der Waals surface area contributed by atoms with Crippen molar-refractivity contribution in [2.24, 2.45) is 5.92 Å². The molecule has 0 amide bonds. The number of likely N-dealkylation sites (tertiary alicyclic amines) is 1. The van der Waals surface area contributed by atoms with Gasteiger partial charge in [0.05, 0.1) is 6.54 Å². The van der Waals surface area contributed by atoms with Gasteiger partial charge in [0.25, 0.3) is 0 Å². The fraction of sp³-hybridized carbons (Fsp3) is 0.533. The Bertz CT molecular complexity index is 392. The Kier molecular flexibility index (Phi) is 3.95. The van der Waals surface area contributed by atoms with E-state index < -0.39 is 0 Å². The van der Waals surface area contributed by atoms with Crippen LogP contribution in [0.4, 0.5) is 0 Å². The van der Waals surface area contributed by atoms with Crippen molar-refractivity contribution in [3.8, 4) is 0 Å². The number of hydrogen-bond acceptors (Lipinski definition) is 2. The van der Waals surface area contributed by atoms with E-state index in [0.717, 1.165) is 30.1 Å². The molecule has 0 saturated carbocycles. The maximum atomic E-state index is 12.1. The second kappa shape index (κ2) is 5.46. The number of nitrogens with zero attached hydrogens (tertiary/aromatic N) is 1. The average molecular weight is 231 g/mol. The SMILES string of the molecule is Cc1cccc(C(=O)CN2CCC(C)CC2)c1. The number of Topliss-reactive ketones (excluding diaryl/α,β-unsaturated/α-hetero) is 1. The summed E-state index contributed by atoms with van der Waals surface area (Å²) in [5.41, 5.74) is 2.01. The highest BCUT2D eigenvalue weighted by atomic mass is 16.1. The first kappa shape index (κ1) is 12.3. The first-order valence-electron chi connectivity index (χ1n) is 6.47. The van der Waals surface area contributed by atoms with Gasteiger partial charge in [-0.2, -0.15) is 0 Å². The number of ketones is 1. The molecule has 0 unspecified atom stereocenters. The quantitative estimate of drug-likeness (QED) is 0.745. The number of benzene rings is 1. The minimum absolute atomic E-state index is 0.253. The third kappa shape index (κ3) is 3.40. The average Bonchev–Trinajstić information content (AvgIpc) is 2.32. The largest absolute Gasteiger partial charge is 0.296 e. The Hall–Kier alpha value is -1.15.